The molecule has 0 N–H and O–H groups in total. The Bertz CT molecular complexity index is 799. The molecule has 1 fully saturated rings. The summed E-state index contributed by atoms with van der Waals surface area (Å²) in [5.41, 5.74) is 2.62. The molecule has 27 heavy (non-hydrogen) atoms. The summed E-state index contributed by atoms with van der Waals surface area (Å²) in [4.78, 5) is 24.1. The number of ether oxygens (including phenoxy) is 1. The van der Waals surface area contributed by atoms with Crippen LogP contribution in [0.4, 0.5) is 10.2 Å². The van der Waals surface area contributed by atoms with E-state index in [-0.39, 0.29) is 18.3 Å². The van der Waals surface area contributed by atoms with E-state index >= 15 is 0 Å². The fourth-order valence-electron chi connectivity index (χ4n) is 3.28. The number of nitrogens with zero attached hydrogens (tertiary/aromatic N) is 4. The van der Waals surface area contributed by atoms with Crippen LogP contribution in [-0.2, 0) is 11.2 Å². The van der Waals surface area contributed by atoms with Gasteiger partial charge >= 0.3 is 0 Å². The van der Waals surface area contributed by atoms with Crippen molar-refractivity contribution in [2.24, 2.45) is 0 Å². The monoisotopic (exact) mass is 372 g/mol. The van der Waals surface area contributed by atoms with Gasteiger partial charge in [0.1, 0.15) is 12.1 Å². The molecule has 0 unspecified atom stereocenters. The number of halogens is 1. The molecule has 0 bridgehead atoms. The molecule has 0 atom stereocenters. The topological polar surface area (TPSA) is 58.6 Å². The molecule has 0 aliphatic carbocycles. The molecule has 0 saturated carbocycles. The van der Waals surface area contributed by atoms with Gasteiger partial charge in [0.2, 0.25) is 0 Å². The van der Waals surface area contributed by atoms with Crippen LogP contribution in [0.15, 0.2) is 24.5 Å². The van der Waals surface area contributed by atoms with Gasteiger partial charge < -0.3 is 14.5 Å². The Hall–Kier alpha value is -2.70. The summed E-state index contributed by atoms with van der Waals surface area (Å²) in [5.74, 6) is 0.596. The Balaban J connectivity index is 1.55. The Labute approximate surface area is 159 Å². The van der Waals surface area contributed by atoms with Gasteiger partial charge in [-0.2, -0.15) is 0 Å². The van der Waals surface area contributed by atoms with Crippen LogP contribution in [0.5, 0.6) is 5.75 Å². The number of rotatable bonds is 5. The highest BCUT2D eigenvalue weighted by Gasteiger charge is 2.24. The lowest BCUT2D eigenvalue weighted by molar-refractivity contribution is -0.133. The third-order valence-corrected chi connectivity index (χ3v) is 4.67. The maximum atomic E-state index is 14.4. The highest BCUT2D eigenvalue weighted by molar-refractivity contribution is 5.78. The van der Waals surface area contributed by atoms with Crippen molar-refractivity contribution in [3.8, 4) is 5.75 Å². The van der Waals surface area contributed by atoms with E-state index in [4.69, 9.17) is 4.74 Å². The minimum atomic E-state index is -0.363. The zero-order valence-corrected chi connectivity index (χ0v) is 16.0. The first-order valence-corrected chi connectivity index (χ1v) is 9.21. The molecule has 2 aromatic rings. The summed E-state index contributed by atoms with van der Waals surface area (Å²) in [5, 5.41) is 0. The van der Waals surface area contributed by atoms with E-state index in [0.29, 0.717) is 49.9 Å². The van der Waals surface area contributed by atoms with Crippen molar-refractivity contribution in [2.75, 3.05) is 37.7 Å². The lowest BCUT2D eigenvalue weighted by atomic mass is 10.1. The van der Waals surface area contributed by atoms with Crippen LogP contribution in [0.1, 0.15) is 23.7 Å². The van der Waals surface area contributed by atoms with E-state index in [1.165, 1.54) is 6.33 Å². The molecule has 0 radical (unpaired) electrons. The molecule has 6 nitrogen and oxygen atoms in total. The van der Waals surface area contributed by atoms with Gasteiger partial charge in [-0.25, -0.2) is 14.4 Å². The number of carbonyl (C=O) groups excluding carboxylic acids is 1. The number of amides is 1. The average molecular weight is 372 g/mol. The average Bonchev–Trinajstić information content (AvgIpc) is 2.66. The molecule has 2 heterocycles. The third kappa shape index (κ3) is 4.53. The number of aromatic nitrogens is 2. The van der Waals surface area contributed by atoms with Crippen LogP contribution >= 0.6 is 0 Å². The molecule has 1 aliphatic heterocycles. The summed E-state index contributed by atoms with van der Waals surface area (Å²) >= 11 is 0. The van der Waals surface area contributed by atoms with Crippen molar-refractivity contribution in [1.29, 1.82) is 0 Å². The van der Waals surface area contributed by atoms with E-state index in [9.17, 15) is 9.18 Å². The molecule has 0 spiro atoms. The van der Waals surface area contributed by atoms with E-state index in [2.05, 4.69) is 16.0 Å². The third-order valence-electron chi connectivity index (χ3n) is 4.67. The van der Waals surface area contributed by atoms with E-state index < -0.39 is 0 Å². The van der Waals surface area contributed by atoms with Gasteiger partial charge in [0.15, 0.2) is 18.2 Å². The fraction of sp³-hybridized carbons (Fsp3) is 0.450. The summed E-state index contributed by atoms with van der Waals surface area (Å²) in [6.07, 6.45) is 1.92. The molecular formula is C20H25FN4O2. The van der Waals surface area contributed by atoms with Crippen LogP contribution in [-0.4, -0.2) is 53.6 Å². The maximum absolute atomic E-state index is 14.4. The first-order valence-electron chi connectivity index (χ1n) is 9.21. The van der Waals surface area contributed by atoms with Gasteiger partial charge in [0.05, 0.1) is 5.69 Å². The van der Waals surface area contributed by atoms with Crippen LogP contribution in [0.2, 0.25) is 0 Å². The summed E-state index contributed by atoms with van der Waals surface area (Å²) < 4.78 is 20.1. The fourth-order valence-corrected chi connectivity index (χ4v) is 3.28. The highest BCUT2D eigenvalue weighted by Crippen LogP contribution is 2.20. The van der Waals surface area contributed by atoms with Gasteiger partial charge in [-0.1, -0.05) is 13.0 Å². The first-order chi connectivity index (χ1) is 13.0. The van der Waals surface area contributed by atoms with Gasteiger partial charge in [0.25, 0.3) is 5.91 Å². The van der Waals surface area contributed by atoms with Gasteiger partial charge in [-0.3, -0.25) is 4.79 Å². The predicted octanol–water partition coefficient (Wildman–Crippen LogP) is 2.52. The van der Waals surface area contributed by atoms with Crippen molar-refractivity contribution >= 4 is 11.7 Å². The van der Waals surface area contributed by atoms with E-state index in [0.717, 1.165) is 11.1 Å². The highest BCUT2D eigenvalue weighted by atomic mass is 19.1. The largest absolute Gasteiger partial charge is 0.484 e. The van der Waals surface area contributed by atoms with Crippen molar-refractivity contribution in [1.82, 2.24) is 14.9 Å². The van der Waals surface area contributed by atoms with Gasteiger partial charge in [0, 0.05) is 26.2 Å². The molecular weight excluding hydrogens is 347 g/mol. The van der Waals surface area contributed by atoms with Crippen LogP contribution in [0.3, 0.4) is 0 Å². The van der Waals surface area contributed by atoms with Crippen LogP contribution < -0.4 is 9.64 Å². The minimum absolute atomic E-state index is 0.00471. The first kappa shape index (κ1) is 19.1. The Kier molecular flexibility index (Phi) is 5.88. The van der Waals surface area contributed by atoms with Crippen LogP contribution in [0, 0.1) is 19.7 Å². The summed E-state index contributed by atoms with van der Waals surface area (Å²) in [6, 6.07) is 5.90. The second kappa shape index (κ2) is 8.33. The van der Waals surface area contributed by atoms with Crippen LogP contribution in [0.25, 0.3) is 0 Å². The molecule has 1 amide bonds. The van der Waals surface area contributed by atoms with Crippen molar-refractivity contribution in [3.63, 3.8) is 0 Å². The zero-order chi connectivity index (χ0) is 19.4. The number of aryl methyl sites for hydroxylation is 3. The second-order valence-electron chi connectivity index (χ2n) is 6.79. The van der Waals surface area contributed by atoms with E-state index in [1.807, 2.05) is 37.8 Å². The second-order valence-corrected chi connectivity index (χ2v) is 6.79. The maximum Gasteiger partial charge on any atom is 0.260 e. The number of carbonyl (C=O) groups is 1. The van der Waals surface area contributed by atoms with Crippen molar-refractivity contribution in [3.05, 3.63) is 47.2 Å². The quantitative estimate of drug-likeness (QED) is 0.807. The predicted molar refractivity (Wildman–Crippen MR) is 102 cm³/mol. The Morgan fingerprint density at radius 1 is 1.11 bits per heavy atom. The molecule has 1 aromatic heterocycles. The lowest BCUT2D eigenvalue weighted by Gasteiger charge is -2.35. The molecule has 7 heteroatoms. The zero-order valence-electron chi connectivity index (χ0n) is 16.0. The number of hydrogen-bond donors (Lipinski definition) is 0. The van der Waals surface area contributed by atoms with E-state index in [1.54, 1.807) is 4.90 Å². The number of hydrogen-bond acceptors (Lipinski definition) is 5. The minimum Gasteiger partial charge on any atom is -0.484 e. The number of piperazine rings is 1. The van der Waals surface area contributed by atoms with Gasteiger partial charge in [-0.15, -0.1) is 0 Å². The molecule has 3 rings (SSSR count). The number of benzene rings is 1. The smallest absolute Gasteiger partial charge is 0.260 e. The van der Waals surface area contributed by atoms with Crippen molar-refractivity contribution in [2.45, 2.75) is 27.2 Å². The standard InChI is InChI=1S/C20H25FN4O2/c1-4-17-19(21)20(23-13-22-17)25-7-5-24(6-8-25)18(26)12-27-16-10-14(2)9-15(3)11-16/h9-11,13H,4-8,12H2,1-3H3. The summed E-state index contributed by atoms with van der Waals surface area (Å²) in [7, 11) is 0. The number of anilines is 1. The normalized spacial score (nSPS) is 14.4. The lowest BCUT2D eigenvalue weighted by Crippen LogP contribution is -2.50. The Morgan fingerprint density at radius 3 is 2.41 bits per heavy atom. The molecule has 1 saturated heterocycles. The molecule has 1 aromatic carbocycles. The Morgan fingerprint density at radius 2 is 1.78 bits per heavy atom. The van der Waals surface area contributed by atoms with Crippen molar-refractivity contribution < 1.29 is 13.9 Å². The summed E-state index contributed by atoms with van der Waals surface area (Å²) in [6.45, 7) is 7.96. The SMILES string of the molecule is CCc1ncnc(N2CCN(C(=O)COc3cc(C)cc(C)c3)CC2)c1F. The molecule has 144 valence electrons. The van der Waals surface area contributed by atoms with Gasteiger partial charge in [-0.05, 0) is 43.5 Å². The molecule has 1 aliphatic rings.